The van der Waals surface area contributed by atoms with Crippen LogP contribution >= 0.6 is 0 Å². The molecule has 2 unspecified atom stereocenters. The molecule has 1 fully saturated rings. The van der Waals surface area contributed by atoms with Gasteiger partial charge in [-0.25, -0.2) is 0 Å². The highest BCUT2D eigenvalue weighted by atomic mass is 16.5. The fraction of sp³-hybridized carbons (Fsp3) is 0.438. The first-order valence-electron chi connectivity index (χ1n) is 6.72. The van der Waals surface area contributed by atoms with Crippen LogP contribution in [0.2, 0.25) is 0 Å². The van der Waals surface area contributed by atoms with E-state index in [-0.39, 0.29) is 24.7 Å². The highest BCUT2D eigenvalue weighted by Crippen LogP contribution is 2.21. The molecule has 1 aromatic carbocycles. The number of carbonyl (C=O) groups is 1. The van der Waals surface area contributed by atoms with E-state index in [1.165, 1.54) is 0 Å². The standard InChI is InChI=1S/C16H19NO3/c1-12-15(9-11-20-12)17(2)16(19)14-8-4-3-6-13(14)7-5-10-18/h3-4,6,8,12,15,18H,9-11H2,1-2H3. The van der Waals surface area contributed by atoms with Gasteiger partial charge in [-0.15, -0.1) is 0 Å². The average Bonchev–Trinajstić information content (AvgIpc) is 2.90. The molecule has 1 saturated heterocycles. The number of amides is 1. The summed E-state index contributed by atoms with van der Waals surface area (Å²) in [6, 6.07) is 7.31. The van der Waals surface area contributed by atoms with E-state index in [0.717, 1.165) is 6.42 Å². The summed E-state index contributed by atoms with van der Waals surface area (Å²) in [5.41, 5.74) is 1.21. The van der Waals surface area contributed by atoms with Crippen molar-refractivity contribution in [3.05, 3.63) is 35.4 Å². The number of hydrogen-bond acceptors (Lipinski definition) is 3. The molecule has 0 spiro atoms. The molecule has 1 heterocycles. The molecule has 1 aliphatic rings. The molecule has 2 rings (SSSR count). The summed E-state index contributed by atoms with van der Waals surface area (Å²) in [6.45, 7) is 2.46. The second-order valence-corrected chi connectivity index (χ2v) is 4.85. The van der Waals surface area contributed by atoms with E-state index < -0.39 is 0 Å². The maximum atomic E-state index is 12.6. The summed E-state index contributed by atoms with van der Waals surface area (Å²) in [7, 11) is 1.80. The lowest BCUT2D eigenvalue weighted by Crippen LogP contribution is -2.41. The number of ether oxygens (including phenoxy) is 1. The van der Waals surface area contributed by atoms with Crippen LogP contribution in [0.25, 0.3) is 0 Å². The first-order chi connectivity index (χ1) is 9.65. The van der Waals surface area contributed by atoms with Gasteiger partial charge in [0.05, 0.1) is 17.7 Å². The van der Waals surface area contributed by atoms with Gasteiger partial charge in [0, 0.05) is 19.2 Å². The molecule has 4 heteroatoms. The summed E-state index contributed by atoms with van der Waals surface area (Å²) in [6.07, 6.45) is 0.910. The molecule has 106 valence electrons. The molecular weight excluding hydrogens is 254 g/mol. The third-order valence-electron chi connectivity index (χ3n) is 3.61. The van der Waals surface area contributed by atoms with Crippen LogP contribution in [-0.4, -0.2) is 48.3 Å². The van der Waals surface area contributed by atoms with Gasteiger partial charge in [0.15, 0.2) is 0 Å². The summed E-state index contributed by atoms with van der Waals surface area (Å²) < 4.78 is 5.51. The van der Waals surface area contributed by atoms with Crippen LogP contribution in [0.5, 0.6) is 0 Å². The van der Waals surface area contributed by atoms with Gasteiger partial charge in [0.2, 0.25) is 0 Å². The van der Waals surface area contributed by atoms with E-state index in [1.807, 2.05) is 19.1 Å². The van der Waals surface area contributed by atoms with Gasteiger partial charge in [0.25, 0.3) is 5.91 Å². The highest BCUT2D eigenvalue weighted by molar-refractivity contribution is 5.96. The number of aliphatic hydroxyl groups excluding tert-OH is 1. The third-order valence-corrected chi connectivity index (χ3v) is 3.61. The Bertz CT molecular complexity index is 544. The predicted molar refractivity (Wildman–Crippen MR) is 76.3 cm³/mol. The minimum Gasteiger partial charge on any atom is -0.384 e. The van der Waals surface area contributed by atoms with Crippen molar-refractivity contribution in [3.8, 4) is 11.8 Å². The Morgan fingerprint density at radius 1 is 1.50 bits per heavy atom. The first kappa shape index (κ1) is 14.6. The van der Waals surface area contributed by atoms with Gasteiger partial charge in [-0.2, -0.15) is 0 Å². The zero-order chi connectivity index (χ0) is 14.5. The lowest BCUT2D eigenvalue weighted by atomic mass is 10.0. The van der Waals surface area contributed by atoms with Crippen LogP contribution in [0.15, 0.2) is 24.3 Å². The molecular formula is C16H19NO3. The quantitative estimate of drug-likeness (QED) is 0.826. The smallest absolute Gasteiger partial charge is 0.255 e. The number of likely N-dealkylation sites (N-methyl/N-ethyl adjacent to an activating group) is 1. The Morgan fingerprint density at radius 2 is 2.25 bits per heavy atom. The zero-order valence-electron chi connectivity index (χ0n) is 11.8. The van der Waals surface area contributed by atoms with Crippen molar-refractivity contribution in [1.82, 2.24) is 4.90 Å². The van der Waals surface area contributed by atoms with Crippen LogP contribution in [0.3, 0.4) is 0 Å². The Kier molecular flexibility index (Phi) is 4.78. The fourth-order valence-corrected chi connectivity index (χ4v) is 2.48. The second-order valence-electron chi connectivity index (χ2n) is 4.85. The third kappa shape index (κ3) is 3.01. The molecule has 20 heavy (non-hydrogen) atoms. The van der Waals surface area contributed by atoms with E-state index >= 15 is 0 Å². The van der Waals surface area contributed by atoms with Gasteiger partial charge in [-0.1, -0.05) is 24.0 Å². The lowest BCUT2D eigenvalue weighted by molar-refractivity contribution is 0.0574. The van der Waals surface area contributed by atoms with Gasteiger partial charge in [0.1, 0.15) is 6.61 Å². The van der Waals surface area contributed by atoms with Gasteiger partial charge in [-0.3, -0.25) is 4.79 Å². The highest BCUT2D eigenvalue weighted by Gasteiger charge is 2.31. The SMILES string of the molecule is CC1OCCC1N(C)C(=O)c1ccccc1C#CCO. The predicted octanol–water partition coefficient (Wildman–Crippen LogP) is 1.28. The number of aliphatic hydroxyl groups is 1. The summed E-state index contributed by atoms with van der Waals surface area (Å²) in [4.78, 5) is 14.3. The maximum absolute atomic E-state index is 12.6. The van der Waals surface area contributed by atoms with Crippen molar-refractivity contribution in [2.75, 3.05) is 20.3 Å². The Labute approximate surface area is 119 Å². The average molecular weight is 273 g/mol. The van der Waals surface area contributed by atoms with E-state index in [2.05, 4.69) is 11.8 Å². The molecule has 1 N–H and O–H groups in total. The van der Waals surface area contributed by atoms with Crippen LogP contribution in [0.4, 0.5) is 0 Å². The Hall–Kier alpha value is -1.83. The largest absolute Gasteiger partial charge is 0.384 e. The van der Waals surface area contributed by atoms with E-state index in [0.29, 0.717) is 17.7 Å². The molecule has 0 bridgehead atoms. The number of hydrogen-bond donors (Lipinski definition) is 1. The number of benzene rings is 1. The summed E-state index contributed by atoms with van der Waals surface area (Å²) in [5, 5.41) is 8.79. The molecule has 1 aromatic rings. The number of rotatable bonds is 2. The van der Waals surface area contributed by atoms with Gasteiger partial charge >= 0.3 is 0 Å². The van der Waals surface area contributed by atoms with Crippen LogP contribution < -0.4 is 0 Å². The monoisotopic (exact) mass is 273 g/mol. The number of carbonyl (C=O) groups excluding carboxylic acids is 1. The van der Waals surface area contributed by atoms with Crippen LogP contribution in [0.1, 0.15) is 29.3 Å². The minimum atomic E-state index is -0.216. The van der Waals surface area contributed by atoms with E-state index in [4.69, 9.17) is 9.84 Å². The number of nitrogens with zero attached hydrogens (tertiary/aromatic N) is 1. The summed E-state index contributed by atoms with van der Waals surface area (Å²) in [5.74, 6) is 5.35. The lowest BCUT2D eigenvalue weighted by Gasteiger charge is -2.27. The molecule has 0 radical (unpaired) electrons. The van der Waals surface area contributed by atoms with Crippen molar-refractivity contribution < 1.29 is 14.6 Å². The van der Waals surface area contributed by atoms with Crippen LogP contribution in [-0.2, 0) is 4.74 Å². The minimum absolute atomic E-state index is 0.0552. The van der Waals surface area contributed by atoms with Crippen molar-refractivity contribution >= 4 is 5.91 Å². The fourth-order valence-electron chi connectivity index (χ4n) is 2.48. The second kappa shape index (κ2) is 6.56. The molecule has 1 amide bonds. The first-order valence-corrected chi connectivity index (χ1v) is 6.72. The van der Waals surface area contributed by atoms with E-state index in [9.17, 15) is 4.79 Å². The van der Waals surface area contributed by atoms with Crippen molar-refractivity contribution in [2.45, 2.75) is 25.5 Å². The molecule has 0 aliphatic carbocycles. The molecule has 1 aliphatic heterocycles. The zero-order valence-corrected chi connectivity index (χ0v) is 11.8. The maximum Gasteiger partial charge on any atom is 0.255 e. The summed E-state index contributed by atoms with van der Waals surface area (Å²) >= 11 is 0. The normalized spacial score (nSPS) is 21.1. The van der Waals surface area contributed by atoms with Crippen molar-refractivity contribution in [2.24, 2.45) is 0 Å². The van der Waals surface area contributed by atoms with E-state index in [1.54, 1.807) is 24.1 Å². The topological polar surface area (TPSA) is 49.8 Å². The van der Waals surface area contributed by atoms with Crippen molar-refractivity contribution in [1.29, 1.82) is 0 Å². The van der Waals surface area contributed by atoms with Crippen LogP contribution in [0, 0.1) is 11.8 Å². The van der Waals surface area contributed by atoms with Crippen molar-refractivity contribution in [3.63, 3.8) is 0 Å². The molecule has 0 aromatic heterocycles. The van der Waals surface area contributed by atoms with Gasteiger partial charge < -0.3 is 14.7 Å². The molecule has 2 atom stereocenters. The Balaban J connectivity index is 2.24. The molecule has 4 nitrogen and oxygen atoms in total. The van der Waals surface area contributed by atoms with Gasteiger partial charge in [-0.05, 0) is 25.5 Å². The molecule has 0 saturated carbocycles. The Morgan fingerprint density at radius 3 is 2.90 bits per heavy atom.